The minimum absolute atomic E-state index is 0.194. The number of ether oxygens (including phenoxy) is 1. The Kier molecular flexibility index (Phi) is 6.61. The molecule has 1 aliphatic heterocycles. The molecule has 18 heavy (non-hydrogen) atoms. The third-order valence-corrected chi connectivity index (χ3v) is 3.46. The van der Waals surface area contributed by atoms with Crippen LogP contribution in [0.25, 0.3) is 0 Å². The molecular formula is C15H32N2O. The van der Waals surface area contributed by atoms with Crippen molar-refractivity contribution in [2.24, 2.45) is 0 Å². The molecule has 1 heterocycles. The first-order chi connectivity index (χ1) is 8.40. The summed E-state index contributed by atoms with van der Waals surface area (Å²) in [6.07, 6.45) is 5.83. The molecule has 0 bridgehead atoms. The molecule has 0 aliphatic carbocycles. The van der Waals surface area contributed by atoms with Crippen molar-refractivity contribution in [3.63, 3.8) is 0 Å². The van der Waals surface area contributed by atoms with Gasteiger partial charge in [-0.15, -0.1) is 0 Å². The predicted octanol–water partition coefficient (Wildman–Crippen LogP) is 2.65. The fourth-order valence-corrected chi connectivity index (χ4v) is 2.35. The van der Waals surface area contributed by atoms with Gasteiger partial charge in [-0.3, -0.25) is 0 Å². The highest BCUT2D eigenvalue weighted by Gasteiger charge is 2.26. The normalized spacial score (nSPS) is 25.0. The molecule has 0 spiro atoms. The Bertz CT molecular complexity index is 225. The lowest BCUT2D eigenvalue weighted by Crippen LogP contribution is -2.41. The molecule has 108 valence electrons. The van der Waals surface area contributed by atoms with Crippen LogP contribution in [0.15, 0.2) is 0 Å². The van der Waals surface area contributed by atoms with Gasteiger partial charge in [0.15, 0.2) is 0 Å². The first kappa shape index (κ1) is 15.9. The first-order valence-electron chi connectivity index (χ1n) is 7.49. The fraction of sp³-hybridized carbons (Fsp3) is 1.00. The van der Waals surface area contributed by atoms with E-state index in [0.717, 1.165) is 13.1 Å². The average molecular weight is 256 g/mol. The molecule has 0 saturated carbocycles. The van der Waals surface area contributed by atoms with Crippen LogP contribution < -0.4 is 5.32 Å². The Morgan fingerprint density at radius 1 is 1.22 bits per heavy atom. The van der Waals surface area contributed by atoms with Crippen LogP contribution >= 0.6 is 0 Å². The van der Waals surface area contributed by atoms with Gasteiger partial charge in [-0.05, 0) is 53.6 Å². The zero-order valence-electron chi connectivity index (χ0n) is 13.0. The van der Waals surface area contributed by atoms with Crippen LogP contribution in [-0.4, -0.2) is 49.3 Å². The topological polar surface area (TPSA) is 24.5 Å². The van der Waals surface area contributed by atoms with Gasteiger partial charge < -0.3 is 15.0 Å². The van der Waals surface area contributed by atoms with Crippen molar-refractivity contribution < 1.29 is 4.74 Å². The van der Waals surface area contributed by atoms with Gasteiger partial charge in [0.05, 0.1) is 12.2 Å². The van der Waals surface area contributed by atoms with Crippen LogP contribution in [0.1, 0.15) is 53.4 Å². The Labute approximate surface area is 113 Å². The highest BCUT2D eigenvalue weighted by Crippen LogP contribution is 2.20. The van der Waals surface area contributed by atoms with Crippen LogP contribution in [0.2, 0.25) is 0 Å². The molecule has 0 aromatic heterocycles. The van der Waals surface area contributed by atoms with Gasteiger partial charge in [-0.1, -0.05) is 13.3 Å². The largest absolute Gasteiger partial charge is 0.372 e. The van der Waals surface area contributed by atoms with Crippen LogP contribution in [0.5, 0.6) is 0 Å². The van der Waals surface area contributed by atoms with Crippen LogP contribution in [0.3, 0.4) is 0 Å². The molecule has 1 N–H and O–H groups in total. The summed E-state index contributed by atoms with van der Waals surface area (Å²) in [6.45, 7) is 12.1. The molecular weight excluding hydrogens is 224 g/mol. The van der Waals surface area contributed by atoms with Gasteiger partial charge in [0.1, 0.15) is 0 Å². The molecule has 2 atom stereocenters. The van der Waals surface area contributed by atoms with E-state index in [2.05, 4.69) is 45.0 Å². The van der Waals surface area contributed by atoms with Crippen molar-refractivity contribution in [1.82, 2.24) is 10.2 Å². The fourth-order valence-electron chi connectivity index (χ4n) is 2.35. The van der Waals surface area contributed by atoms with E-state index in [1.54, 1.807) is 0 Å². The van der Waals surface area contributed by atoms with E-state index in [-0.39, 0.29) is 5.54 Å². The SMILES string of the molecule is CCCCN(C)CC1CCC(CNC(C)(C)C)O1. The van der Waals surface area contributed by atoms with E-state index in [9.17, 15) is 0 Å². The van der Waals surface area contributed by atoms with E-state index in [4.69, 9.17) is 4.74 Å². The highest BCUT2D eigenvalue weighted by atomic mass is 16.5. The summed E-state index contributed by atoms with van der Waals surface area (Å²) in [5.74, 6) is 0. The first-order valence-corrected chi connectivity index (χ1v) is 7.49. The minimum atomic E-state index is 0.194. The standard InChI is InChI=1S/C15H32N2O/c1-6-7-10-17(5)12-14-9-8-13(18-14)11-16-15(2,3)4/h13-14,16H,6-12H2,1-5H3. The highest BCUT2D eigenvalue weighted by molar-refractivity contribution is 4.80. The minimum Gasteiger partial charge on any atom is -0.372 e. The molecule has 1 rings (SSSR count). The summed E-state index contributed by atoms with van der Waals surface area (Å²) in [5.41, 5.74) is 0.194. The van der Waals surface area contributed by atoms with Crippen molar-refractivity contribution in [3.05, 3.63) is 0 Å². The summed E-state index contributed by atoms with van der Waals surface area (Å²) < 4.78 is 6.10. The molecule has 1 saturated heterocycles. The van der Waals surface area contributed by atoms with Crippen LogP contribution in [0.4, 0.5) is 0 Å². The van der Waals surface area contributed by atoms with Gasteiger partial charge in [-0.2, -0.15) is 0 Å². The molecule has 3 nitrogen and oxygen atoms in total. The van der Waals surface area contributed by atoms with E-state index in [1.165, 1.54) is 32.2 Å². The Balaban J connectivity index is 2.16. The number of nitrogens with zero attached hydrogens (tertiary/aromatic N) is 1. The lowest BCUT2D eigenvalue weighted by Gasteiger charge is -2.24. The summed E-state index contributed by atoms with van der Waals surface area (Å²) in [6, 6.07) is 0. The number of likely N-dealkylation sites (N-methyl/N-ethyl adjacent to an activating group) is 1. The molecule has 3 heteroatoms. The predicted molar refractivity (Wildman–Crippen MR) is 78.1 cm³/mol. The van der Waals surface area contributed by atoms with Gasteiger partial charge in [0, 0.05) is 18.6 Å². The molecule has 0 aromatic rings. The molecule has 1 fully saturated rings. The number of hydrogen-bond donors (Lipinski definition) is 1. The van der Waals surface area contributed by atoms with Gasteiger partial charge in [0.25, 0.3) is 0 Å². The second-order valence-corrected chi connectivity index (χ2v) is 6.70. The number of unbranched alkanes of at least 4 members (excludes halogenated alkanes) is 1. The number of rotatable bonds is 7. The molecule has 1 aliphatic rings. The lowest BCUT2D eigenvalue weighted by molar-refractivity contribution is 0.0251. The smallest absolute Gasteiger partial charge is 0.0707 e. The zero-order chi connectivity index (χ0) is 13.6. The lowest BCUT2D eigenvalue weighted by atomic mass is 10.1. The Hall–Kier alpha value is -0.120. The Morgan fingerprint density at radius 2 is 1.89 bits per heavy atom. The summed E-state index contributed by atoms with van der Waals surface area (Å²) in [5, 5.41) is 3.53. The van der Waals surface area contributed by atoms with Crippen molar-refractivity contribution in [2.75, 3.05) is 26.7 Å². The monoisotopic (exact) mass is 256 g/mol. The maximum absolute atomic E-state index is 6.10. The summed E-state index contributed by atoms with van der Waals surface area (Å²) in [4.78, 5) is 2.41. The molecule has 0 aromatic carbocycles. The second-order valence-electron chi connectivity index (χ2n) is 6.70. The third kappa shape index (κ3) is 6.72. The van der Waals surface area contributed by atoms with E-state index >= 15 is 0 Å². The van der Waals surface area contributed by atoms with Crippen molar-refractivity contribution in [2.45, 2.75) is 71.1 Å². The molecule has 0 radical (unpaired) electrons. The van der Waals surface area contributed by atoms with E-state index < -0.39 is 0 Å². The van der Waals surface area contributed by atoms with Crippen LogP contribution in [0, 0.1) is 0 Å². The number of nitrogens with one attached hydrogen (secondary N) is 1. The zero-order valence-corrected chi connectivity index (χ0v) is 13.0. The average Bonchev–Trinajstić information content (AvgIpc) is 2.70. The number of hydrogen-bond acceptors (Lipinski definition) is 3. The maximum Gasteiger partial charge on any atom is 0.0707 e. The van der Waals surface area contributed by atoms with Gasteiger partial charge in [0.2, 0.25) is 0 Å². The van der Waals surface area contributed by atoms with Crippen molar-refractivity contribution in [3.8, 4) is 0 Å². The molecule has 2 unspecified atom stereocenters. The third-order valence-electron chi connectivity index (χ3n) is 3.46. The molecule has 0 amide bonds. The van der Waals surface area contributed by atoms with Gasteiger partial charge in [-0.25, -0.2) is 0 Å². The van der Waals surface area contributed by atoms with Gasteiger partial charge >= 0.3 is 0 Å². The Morgan fingerprint density at radius 3 is 2.50 bits per heavy atom. The van der Waals surface area contributed by atoms with Crippen molar-refractivity contribution in [1.29, 1.82) is 0 Å². The maximum atomic E-state index is 6.10. The van der Waals surface area contributed by atoms with Crippen molar-refractivity contribution >= 4 is 0 Å². The summed E-state index contributed by atoms with van der Waals surface area (Å²) in [7, 11) is 2.21. The summed E-state index contributed by atoms with van der Waals surface area (Å²) >= 11 is 0. The van der Waals surface area contributed by atoms with E-state index in [0.29, 0.717) is 12.2 Å². The quantitative estimate of drug-likeness (QED) is 0.758. The van der Waals surface area contributed by atoms with E-state index in [1.807, 2.05) is 0 Å². The second kappa shape index (κ2) is 7.46. The van der Waals surface area contributed by atoms with Crippen LogP contribution in [-0.2, 0) is 4.74 Å².